The van der Waals surface area contributed by atoms with E-state index in [1.165, 1.54) is 12.1 Å². The fourth-order valence-electron chi connectivity index (χ4n) is 2.61. The molecule has 0 spiro atoms. The van der Waals surface area contributed by atoms with E-state index in [0.29, 0.717) is 17.3 Å². The summed E-state index contributed by atoms with van der Waals surface area (Å²) in [6.45, 7) is 0. The molecule has 1 aromatic heterocycles. The maximum atomic E-state index is 13.3. The fourth-order valence-corrected chi connectivity index (χ4v) is 2.61. The van der Waals surface area contributed by atoms with Crippen LogP contribution in [0, 0.1) is 5.82 Å². The molecule has 3 heteroatoms. The Bertz CT molecular complexity index is 944. The molecule has 2 nitrogen and oxygen atoms in total. The first kappa shape index (κ1) is 14.4. The number of hydrogen-bond donors (Lipinski definition) is 0. The van der Waals surface area contributed by atoms with Crippen LogP contribution in [-0.2, 0) is 0 Å². The number of aromatic nitrogens is 1. The Morgan fingerprint density at radius 2 is 1.21 bits per heavy atom. The number of halogens is 1. The lowest BCUT2D eigenvalue weighted by Gasteiger charge is -2.01. The molecule has 0 saturated heterocycles. The second-order valence-corrected chi connectivity index (χ2v) is 5.44. The highest BCUT2D eigenvalue weighted by Gasteiger charge is 2.17. The van der Waals surface area contributed by atoms with Gasteiger partial charge in [-0.25, -0.2) is 9.37 Å². The third kappa shape index (κ3) is 2.72. The standard InChI is InChI=1S/C21H14FNO/c22-18-13-11-15(12-14-18)19-20(16-7-3-1-4-8-16)24-21(23-19)17-9-5-2-6-10-17/h1-14H. The normalized spacial score (nSPS) is 10.7. The quantitative estimate of drug-likeness (QED) is 0.476. The maximum Gasteiger partial charge on any atom is 0.227 e. The van der Waals surface area contributed by atoms with Crippen LogP contribution in [0.2, 0.25) is 0 Å². The molecule has 0 aliphatic carbocycles. The summed E-state index contributed by atoms with van der Waals surface area (Å²) >= 11 is 0. The van der Waals surface area contributed by atoms with Crippen LogP contribution in [0.4, 0.5) is 4.39 Å². The van der Waals surface area contributed by atoms with Gasteiger partial charge >= 0.3 is 0 Å². The highest BCUT2D eigenvalue weighted by molar-refractivity contribution is 5.79. The first-order chi connectivity index (χ1) is 11.8. The lowest BCUT2D eigenvalue weighted by atomic mass is 10.1. The molecule has 0 atom stereocenters. The molecule has 4 aromatic rings. The fraction of sp³-hybridized carbons (Fsp3) is 0. The molecule has 24 heavy (non-hydrogen) atoms. The number of oxazole rings is 1. The minimum Gasteiger partial charge on any atom is -0.435 e. The second-order valence-electron chi connectivity index (χ2n) is 5.44. The van der Waals surface area contributed by atoms with E-state index in [9.17, 15) is 4.39 Å². The SMILES string of the molecule is Fc1ccc(-c2nc(-c3ccccc3)oc2-c2ccccc2)cc1. The zero-order valence-electron chi connectivity index (χ0n) is 12.8. The van der Waals surface area contributed by atoms with Gasteiger partial charge in [0.1, 0.15) is 11.5 Å². The Morgan fingerprint density at radius 3 is 1.83 bits per heavy atom. The van der Waals surface area contributed by atoms with Crippen molar-refractivity contribution in [3.63, 3.8) is 0 Å². The number of benzene rings is 3. The molecule has 0 aliphatic rings. The zero-order valence-corrected chi connectivity index (χ0v) is 12.8. The van der Waals surface area contributed by atoms with Crippen molar-refractivity contribution >= 4 is 0 Å². The van der Waals surface area contributed by atoms with Gasteiger partial charge in [-0.15, -0.1) is 0 Å². The van der Waals surface area contributed by atoms with Crippen LogP contribution in [-0.4, -0.2) is 4.98 Å². The summed E-state index contributed by atoms with van der Waals surface area (Å²) in [5.41, 5.74) is 3.37. The second kappa shape index (κ2) is 6.13. The zero-order chi connectivity index (χ0) is 16.4. The molecular weight excluding hydrogens is 301 g/mol. The van der Waals surface area contributed by atoms with Crippen molar-refractivity contribution in [3.05, 3.63) is 90.7 Å². The van der Waals surface area contributed by atoms with Crippen LogP contribution in [0.25, 0.3) is 34.0 Å². The molecule has 3 aromatic carbocycles. The molecule has 0 unspecified atom stereocenters. The summed E-state index contributed by atoms with van der Waals surface area (Å²) in [6.07, 6.45) is 0. The van der Waals surface area contributed by atoms with E-state index in [4.69, 9.17) is 4.42 Å². The van der Waals surface area contributed by atoms with Crippen molar-refractivity contribution in [2.75, 3.05) is 0 Å². The predicted molar refractivity (Wildman–Crippen MR) is 92.8 cm³/mol. The van der Waals surface area contributed by atoms with Crippen LogP contribution in [0.1, 0.15) is 0 Å². The van der Waals surface area contributed by atoms with Crippen LogP contribution in [0.15, 0.2) is 89.3 Å². The molecule has 0 aliphatic heterocycles. The van der Waals surface area contributed by atoms with Gasteiger partial charge in [-0.3, -0.25) is 0 Å². The van der Waals surface area contributed by atoms with Gasteiger partial charge in [-0.05, 0) is 36.4 Å². The molecular formula is C21H14FNO. The van der Waals surface area contributed by atoms with E-state index >= 15 is 0 Å². The highest BCUT2D eigenvalue weighted by atomic mass is 19.1. The number of nitrogens with zero attached hydrogens (tertiary/aromatic N) is 1. The third-order valence-electron chi connectivity index (χ3n) is 3.80. The third-order valence-corrected chi connectivity index (χ3v) is 3.80. The summed E-state index contributed by atoms with van der Waals surface area (Å²) in [4.78, 5) is 4.67. The van der Waals surface area contributed by atoms with Gasteiger partial charge in [0.05, 0.1) is 0 Å². The monoisotopic (exact) mass is 315 g/mol. The average molecular weight is 315 g/mol. The summed E-state index contributed by atoms with van der Waals surface area (Å²) in [5, 5.41) is 0. The van der Waals surface area contributed by atoms with Crippen LogP contribution >= 0.6 is 0 Å². The Kier molecular flexibility index (Phi) is 3.67. The van der Waals surface area contributed by atoms with Crippen LogP contribution in [0.3, 0.4) is 0 Å². The van der Waals surface area contributed by atoms with Crippen LogP contribution < -0.4 is 0 Å². The Balaban J connectivity index is 1.90. The molecule has 0 fully saturated rings. The molecule has 0 amide bonds. The van der Waals surface area contributed by atoms with E-state index < -0.39 is 0 Å². The van der Waals surface area contributed by atoms with E-state index in [1.54, 1.807) is 12.1 Å². The topological polar surface area (TPSA) is 26.0 Å². The van der Waals surface area contributed by atoms with Gasteiger partial charge in [0.2, 0.25) is 5.89 Å². The van der Waals surface area contributed by atoms with Gasteiger partial charge in [-0.2, -0.15) is 0 Å². The summed E-state index contributed by atoms with van der Waals surface area (Å²) < 4.78 is 19.3. The summed E-state index contributed by atoms with van der Waals surface area (Å²) in [7, 11) is 0. The first-order valence-electron chi connectivity index (χ1n) is 7.69. The highest BCUT2D eigenvalue weighted by Crippen LogP contribution is 2.35. The van der Waals surface area contributed by atoms with Gasteiger partial charge in [0, 0.05) is 16.7 Å². The van der Waals surface area contributed by atoms with Gasteiger partial charge in [0.25, 0.3) is 0 Å². The molecule has 0 N–H and O–H groups in total. The van der Waals surface area contributed by atoms with Gasteiger partial charge in [-0.1, -0.05) is 48.5 Å². The van der Waals surface area contributed by atoms with E-state index in [2.05, 4.69) is 4.98 Å². The molecule has 1 heterocycles. The average Bonchev–Trinajstić information content (AvgIpc) is 3.09. The van der Waals surface area contributed by atoms with Crippen molar-refractivity contribution in [3.8, 4) is 34.0 Å². The minimum absolute atomic E-state index is 0.271. The largest absolute Gasteiger partial charge is 0.435 e. The van der Waals surface area contributed by atoms with Gasteiger partial charge < -0.3 is 4.42 Å². The molecule has 116 valence electrons. The van der Waals surface area contributed by atoms with Crippen molar-refractivity contribution in [1.29, 1.82) is 0 Å². The van der Waals surface area contributed by atoms with Crippen molar-refractivity contribution in [1.82, 2.24) is 4.98 Å². The van der Waals surface area contributed by atoms with Crippen molar-refractivity contribution in [2.45, 2.75) is 0 Å². The molecule has 4 rings (SSSR count). The van der Waals surface area contributed by atoms with Crippen molar-refractivity contribution < 1.29 is 8.81 Å². The van der Waals surface area contributed by atoms with E-state index in [0.717, 1.165) is 16.7 Å². The Hall–Kier alpha value is -3.20. The lowest BCUT2D eigenvalue weighted by Crippen LogP contribution is -1.83. The van der Waals surface area contributed by atoms with Crippen molar-refractivity contribution in [2.24, 2.45) is 0 Å². The molecule has 0 radical (unpaired) electrons. The Morgan fingerprint density at radius 1 is 0.625 bits per heavy atom. The van der Waals surface area contributed by atoms with E-state index in [-0.39, 0.29) is 5.82 Å². The van der Waals surface area contributed by atoms with Crippen LogP contribution in [0.5, 0.6) is 0 Å². The smallest absolute Gasteiger partial charge is 0.227 e. The number of rotatable bonds is 3. The van der Waals surface area contributed by atoms with Gasteiger partial charge in [0.15, 0.2) is 5.76 Å². The number of hydrogen-bond acceptors (Lipinski definition) is 2. The predicted octanol–water partition coefficient (Wildman–Crippen LogP) is 5.81. The summed E-state index contributed by atoms with van der Waals surface area (Å²) in [5.74, 6) is 0.960. The minimum atomic E-state index is -0.271. The maximum absolute atomic E-state index is 13.3. The molecule has 0 saturated carbocycles. The molecule has 0 bridgehead atoms. The Labute approximate surface area is 139 Å². The van der Waals surface area contributed by atoms with E-state index in [1.807, 2.05) is 60.7 Å². The first-order valence-corrected chi connectivity index (χ1v) is 7.69. The lowest BCUT2D eigenvalue weighted by molar-refractivity contribution is 0.589. The summed E-state index contributed by atoms with van der Waals surface area (Å²) in [6, 6.07) is 25.8.